The van der Waals surface area contributed by atoms with Crippen LogP contribution in [0.5, 0.6) is 0 Å². The van der Waals surface area contributed by atoms with Gasteiger partial charge < -0.3 is 5.11 Å². The molecule has 1 aliphatic carbocycles. The lowest BCUT2D eigenvalue weighted by Gasteiger charge is -2.27. The topological polar surface area (TPSA) is 38.0 Å². The average Bonchev–Trinajstić information content (AvgIpc) is 2.60. The van der Waals surface area contributed by atoms with Gasteiger partial charge in [-0.15, -0.1) is 0 Å². The van der Waals surface area contributed by atoms with E-state index < -0.39 is 5.60 Å². The zero-order valence-electron chi connectivity index (χ0n) is 9.82. The van der Waals surface area contributed by atoms with Gasteiger partial charge in [-0.3, -0.25) is 4.68 Å². The summed E-state index contributed by atoms with van der Waals surface area (Å²) in [5.74, 6) is 0.410. The summed E-state index contributed by atoms with van der Waals surface area (Å²) in [6.45, 7) is 4.14. The fourth-order valence-corrected chi connectivity index (χ4v) is 2.64. The lowest BCUT2D eigenvalue weighted by atomic mass is 9.88. The van der Waals surface area contributed by atoms with Crippen LogP contribution in [-0.4, -0.2) is 20.5 Å². The van der Waals surface area contributed by atoms with Crippen LogP contribution in [0.25, 0.3) is 0 Å². The fraction of sp³-hybridized carbons (Fsp3) is 0.750. The van der Waals surface area contributed by atoms with E-state index in [1.165, 1.54) is 0 Å². The molecule has 1 saturated carbocycles. The van der Waals surface area contributed by atoms with E-state index >= 15 is 0 Å². The minimum Gasteiger partial charge on any atom is -0.389 e. The molecule has 0 radical (unpaired) electrons. The van der Waals surface area contributed by atoms with Gasteiger partial charge in [0, 0.05) is 19.2 Å². The standard InChI is InChI=1S/C12H20N2O/c1-9-5-4-6-12(9,15)8-11-7-10(2)13-14(11)3/h7,9,15H,4-6,8H2,1-3H3. The van der Waals surface area contributed by atoms with Crippen molar-refractivity contribution in [1.82, 2.24) is 9.78 Å². The van der Waals surface area contributed by atoms with Crippen molar-refractivity contribution in [2.45, 2.75) is 45.1 Å². The van der Waals surface area contributed by atoms with Crippen molar-refractivity contribution in [3.05, 3.63) is 17.5 Å². The maximum atomic E-state index is 10.5. The summed E-state index contributed by atoms with van der Waals surface area (Å²) in [7, 11) is 1.95. The van der Waals surface area contributed by atoms with Crippen LogP contribution in [0.1, 0.15) is 37.6 Å². The van der Waals surface area contributed by atoms with Gasteiger partial charge in [-0.1, -0.05) is 13.3 Å². The predicted molar refractivity (Wildman–Crippen MR) is 59.6 cm³/mol. The van der Waals surface area contributed by atoms with Crippen molar-refractivity contribution in [1.29, 1.82) is 0 Å². The van der Waals surface area contributed by atoms with Gasteiger partial charge in [-0.05, 0) is 31.7 Å². The van der Waals surface area contributed by atoms with Gasteiger partial charge in [-0.2, -0.15) is 5.10 Å². The molecular formula is C12H20N2O. The number of aliphatic hydroxyl groups is 1. The smallest absolute Gasteiger partial charge is 0.0728 e. The second-order valence-electron chi connectivity index (χ2n) is 4.97. The highest BCUT2D eigenvalue weighted by molar-refractivity contribution is 5.12. The summed E-state index contributed by atoms with van der Waals surface area (Å²) in [5, 5.41) is 14.8. The molecule has 0 saturated heterocycles. The van der Waals surface area contributed by atoms with Gasteiger partial charge >= 0.3 is 0 Å². The quantitative estimate of drug-likeness (QED) is 0.805. The molecule has 84 valence electrons. The molecule has 0 aliphatic heterocycles. The third kappa shape index (κ3) is 1.93. The lowest BCUT2D eigenvalue weighted by Crippen LogP contribution is -2.34. The van der Waals surface area contributed by atoms with Crippen LogP contribution in [0.4, 0.5) is 0 Å². The Morgan fingerprint density at radius 2 is 2.40 bits per heavy atom. The summed E-state index contributed by atoms with van der Waals surface area (Å²) in [6.07, 6.45) is 3.96. The highest BCUT2D eigenvalue weighted by atomic mass is 16.3. The number of nitrogens with zero attached hydrogens (tertiary/aromatic N) is 2. The first-order valence-electron chi connectivity index (χ1n) is 5.73. The number of rotatable bonds is 2. The van der Waals surface area contributed by atoms with Crippen molar-refractivity contribution < 1.29 is 5.11 Å². The first-order chi connectivity index (χ1) is 7.01. The second kappa shape index (κ2) is 3.63. The Morgan fingerprint density at radius 3 is 2.87 bits per heavy atom. The third-order valence-electron chi connectivity index (χ3n) is 3.75. The molecule has 0 aromatic carbocycles. The van der Waals surface area contributed by atoms with Crippen LogP contribution >= 0.6 is 0 Å². The summed E-state index contributed by atoms with van der Waals surface area (Å²) >= 11 is 0. The van der Waals surface area contributed by atoms with Gasteiger partial charge in [0.2, 0.25) is 0 Å². The maximum Gasteiger partial charge on any atom is 0.0728 e. The van der Waals surface area contributed by atoms with Crippen LogP contribution in [0.3, 0.4) is 0 Å². The van der Waals surface area contributed by atoms with E-state index in [0.29, 0.717) is 5.92 Å². The van der Waals surface area contributed by atoms with E-state index in [4.69, 9.17) is 0 Å². The molecular weight excluding hydrogens is 188 g/mol. The minimum absolute atomic E-state index is 0.410. The lowest BCUT2D eigenvalue weighted by molar-refractivity contribution is 0.00796. The van der Waals surface area contributed by atoms with Crippen LogP contribution < -0.4 is 0 Å². The summed E-state index contributed by atoms with van der Waals surface area (Å²) in [4.78, 5) is 0. The first kappa shape index (κ1) is 10.7. The third-order valence-corrected chi connectivity index (χ3v) is 3.75. The second-order valence-corrected chi connectivity index (χ2v) is 4.97. The fourth-order valence-electron chi connectivity index (χ4n) is 2.64. The van der Waals surface area contributed by atoms with E-state index in [9.17, 15) is 5.11 Å². The molecule has 1 aromatic heterocycles. The Balaban J connectivity index is 2.17. The molecule has 2 rings (SSSR count). The zero-order chi connectivity index (χ0) is 11.1. The van der Waals surface area contributed by atoms with E-state index in [1.807, 2.05) is 18.7 Å². The normalized spacial score (nSPS) is 31.1. The van der Waals surface area contributed by atoms with E-state index in [1.54, 1.807) is 0 Å². The van der Waals surface area contributed by atoms with Gasteiger partial charge in [-0.25, -0.2) is 0 Å². The number of hydrogen-bond acceptors (Lipinski definition) is 2. The highest BCUT2D eigenvalue weighted by Crippen LogP contribution is 2.37. The molecule has 2 atom stereocenters. The molecule has 1 fully saturated rings. The minimum atomic E-state index is -0.500. The van der Waals surface area contributed by atoms with Crippen molar-refractivity contribution >= 4 is 0 Å². The van der Waals surface area contributed by atoms with E-state index in [-0.39, 0.29) is 0 Å². The van der Waals surface area contributed by atoms with Crippen LogP contribution in [0, 0.1) is 12.8 Å². The van der Waals surface area contributed by atoms with Crippen molar-refractivity contribution in [3.8, 4) is 0 Å². The number of hydrogen-bond donors (Lipinski definition) is 1. The first-order valence-corrected chi connectivity index (χ1v) is 5.73. The molecule has 1 heterocycles. The van der Waals surface area contributed by atoms with Crippen LogP contribution in [0.2, 0.25) is 0 Å². The van der Waals surface area contributed by atoms with Crippen molar-refractivity contribution in [3.63, 3.8) is 0 Å². The molecule has 0 spiro atoms. The Bertz CT molecular complexity index is 359. The molecule has 1 aromatic rings. The SMILES string of the molecule is Cc1cc(CC2(O)CCCC2C)n(C)n1. The molecule has 0 bridgehead atoms. The molecule has 2 unspecified atom stereocenters. The molecule has 0 amide bonds. The van der Waals surface area contributed by atoms with Gasteiger partial charge in [0.15, 0.2) is 0 Å². The zero-order valence-corrected chi connectivity index (χ0v) is 9.82. The van der Waals surface area contributed by atoms with Crippen molar-refractivity contribution in [2.24, 2.45) is 13.0 Å². The van der Waals surface area contributed by atoms with Crippen molar-refractivity contribution in [2.75, 3.05) is 0 Å². The molecule has 3 nitrogen and oxygen atoms in total. The van der Waals surface area contributed by atoms with Gasteiger partial charge in [0.25, 0.3) is 0 Å². The van der Waals surface area contributed by atoms with Gasteiger partial charge in [0.1, 0.15) is 0 Å². The van der Waals surface area contributed by atoms with Crippen LogP contribution in [-0.2, 0) is 13.5 Å². The predicted octanol–water partition coefficient (Wildman–Crippen LogP) is 1.82. The monoisotopic (exact) mass is 208 g/mol. The van der Waals surface area contributed by atoms with Gasteiger partial charge in [0.05, 0.1) is 11.3 Å². The van der Waals surface area contributed by atoms with Crippen LogP contribution in [0.15, 0.2) is 6.07 Å². The summed E-state index contributed by atoms with van der Waals surface area (Å²) in [5.41, 5.74) is 1.67. The Kier molecular flexibility index (Phi) is 2.59. The molecule has 3 heteroatoms. The maximum absolute atomic E-state index is 10.5. The number of aromatic nitrogens is 2. The Labute approximate surface area is 91.1 Å². The largest absolute Gasteiger partial charge is 0.389 e. The Morgan fingerprint density at radius 1 is 1.67 bits per heavy atom. The molecule has 15 heavy (non-hydrogen) atoms. The highest BCUT2D eigenvalue weighted by Gasteiger charge is 2.38. The summed E-state index contributed by atoms with van der Waals surface area (Å²) in [6, 6.07) is 2.07. The summed E-state index contributed by atoms with van der Waals surface area (Å²) < 4.78 is 1.89. The number of aryl methyl sites for hydroxylation is 2. The van der Waals surface area contributed by atoms with E-state index in [2.05, 4.69) is 18.1 Å². The Hall–Kier alpha value is -0.830. The molecule has 1 N–H and O–H groups in total. The van der Waals surface area contributed by atoms with E-state index in [0.717, 1.165) is 37.1 Å². The molecule has 1 aliphatic rings. The average molecular weight is 208 g/mol.